The molecule has 22 heavy (non-hydrogen) atoms. The van der Waals surface area contributed by atoms with Gasteiger partial charge in [0.05, 0.1) is 0 Å². The van der Waals surface area contributed by atoms with Crippen LogP contribution in [0.2, 0.25) is 0 Å². The molecule has 0 aromatic rings. The van der Waals surface area contributed by atoms with E-state index in [-0.39, 0.29) is 16.7 Å². The second-order valence-corrected chi connectivity index (χ2v) is 8.63. The highest BCUT2D eigenvalue weighted by molar-refractivity contribution is 5.83. The van der Waals surface area contributed by atoms with Crippen molar-refractivity contribution in [1.29, 1.82) is 0 Å². The van der Waals surface area contributed by atoms with Crippen molar-refractivity contribution in [3.05, 3.63) is 0 Å². The van der Waals surface area contributed by atoms with Crippen LogP contribution in [0.5, 0.6) is 0 Å². The van der Waals surface area contributed by atoms with E-state index in [1.807, 2.05) is 20.8 Å². The molecule has 0 aliphatic rings. The third-order valence-electron chi connectivity index (χ3n) is 3.71. The summed E-state index contributed by atoms with van der Waals surface area (Å²) in [6.07, 6.45) is 7.88. The zero-order chi connectivity index (χ0) is 17.2. The number of unbranched alkanes of at least 4 members (excludes halogenated alkanes) is 5. The van der Waals surface area contributed by atoms with Crippen LogP contribution in [0.4, 0.5) is 0 Å². The third kappa shape index (κ3) is 12.8. The molecule has 1 N–H and O–H groups in total. The molecule has 3 nitrogen and oxygen atoms in total. The van der Waals surface area contributed by atoms with Gasteiger partial charge in [0.15, 0.2) is 0 Å². The average Bonchev–Trinajstić information content (AvgIpc) is 2.37. The molecular weight excluding hydrogens is 274 g/mol. The van der Waals surface area contributed by atoms with Crippen molar-refractivity contribution >= 4 is 11.7 Å². The van der Waals surface area contributed by atoms with Crippen LogP contribution in [0.3, 0.4) is 0 Å². The number of carbonyl (C=O) groups excluding carboxylic acids is 2. The summed E-state index contributed by atoms with van der Waals surface area (Å²) in [5.41, 5.74) is -0.0411. The van der Waals surface area contributed by atoms with E-state index in [1.54, 1.807) is 0 Å². The van der Waals surface area contributed by atoms with Crippen LogP contribution in [-0.2, 0) is 9.59 Å². The largest absolute Gasteiger partial charge is 0.356 e. The first-order chi connectivity index (χ1) is 10.0. The Morgan fingerprint density at radius 1 is 0.727 bits per heavy atom. The number of nitrogens with one attached hydrogen (secondary N) is 1. The molecule has 0 aliphatic carbocycles. The molecular formula is C19H37NO2. The zero-order valence-corrected chi connectivity index (χ0v) is 15.7. The normalized spacial score (nSPS) is 12.3. The van der Waals surface area contributed by atoms with Crippen molar-refractivity contribution in [2.75, 3.05) is 6.54 Å². The highest BCUT2D eigenvalue weighted by Crippen LogP contribution is 2.19. The fourth-order valence-electron chi connectivity index (χ4n) is 2.11. The minimum Gasteiger partial charge on any atom is -0.356 e. The Bertz CT molecular complexity index is 334. The maximum absolute atomic E-state index is 11.8. The maximum atomic E-state index is 11.8. The number of amides is 1. The second kappa shape index (κ2) is 10.0. The van der Waals surface area contributed by atoms with Gasteiger partial charge >= 0.3 is 0 Å². The number of hydrogen-bond acceptors (Lipinski definition) is 2. The summed E-state index contributed by atoms with van der Waals surface area (Å²) >= 11 is 0. The Hall–Kier alpha value is -0.860. The third-order valence-corrected chi connectivity index (χ3v) is 3.71. The molecule has 0 saturated carbocycles. The quantitative estimate of drug-likeness (QED) is 0.584. The van der Waals surface area contributed by atoms with Crippen LogP contribution in [0.15, 0.2) is 0 Å². The fourth-order valence-corrected chi connectivity index (χ4v) is 2.11. The van der Waals surface area contributed by atoms with E-state index in [0.717, 1.165) is 38.6 Å². The molecule has 130 valence electrons. The SMILES string of the molecule is CC(C)(C)CNC(=O)CCCCCCCCC(=O)C(C)(C)C. The molecule has 1 amide bonds. The molecule has 0 unspecified atom stereocenters. The van der Waals surface area contributed by atoms with Gasteiger partial charge in [0.25, 0.3) is 0 Å². The molecule has 0 fully saturated rings. The number of rotatable bonds is 10. The molecule has 0 bridgehead atoms. The molecule has 0 rings (SSSR count). The van der Waals surface area contributed by atoms with E-state index in [1.165, 1.54) is 6.42 Å². The van der Waals surface area contributed by atoms with Gasteiger partial charge in [-0.25, -0.2) is 0 Å². The van der Waals surface area contributed by atoms with Gasteiger partial charge in [0, 0.05) is 24.8 Å². The van der Waals surface area contributed by atoms with Crippen molar-refractivity contribution in [3.8, 4) is 0 Å². The van der Waals surface area contributed by atoms with Gasteiger partial charge in [-0.05, 0) is 18.3 Å². The van der Waals surface area contributed by atoms with E-state index < -0.39 is 0 Å². The summed E-state index contributed by atoms with van der Waals surface area (Å²) in [6, 6.07) is 0. The van der Waals surface area contributed by atoms with E-state index in [2.05, 4.69) is 26.1 Å². The van der Waals surface area contributed by atoms with Gasteiger partial charge < -0.3 is 5.32 Å². The fraction of sp³-hybridized carbons (Fsp3) is 0.895. The van der Waals surface area contributed by atoms with Gasteiger partial charge in [-0.2, -0.15) is 0 Å². The Kier molecular flexibility index (Phi) is 9.63. The molecule has 0 spiro atoms. The van der Waals surface area contributed by atoms with Crippen LogP contribution in [0.1, 0.15) is 92.9 Å². The molecule has 0 saturated heterocycles. The van der Waals surface area contributed by atoms with Gasteiger partial charge in [-0.15, -0.1) is 0 Å². The number of ketones is 1. The van der Waals surface area contributed by atoms with Crippen molar-refractivity contribution in [2.45, 2.75) is 92.9 Å². The molecule has 0 radical (unpaired) electrons. The Balaban J connectivity index is 3.44. The molecule has 0 atom stereocenters. The van der Waals surface area contributed by atoms with Gasteiger partial charge in [0.1, 0.15) is 5.78 Å². The van der Waals surface area contributed by atoms with Crippen molar-refractivity contribution < 1.29 is 9.59 Å². The second-order valence-electron chi connectivity index (χ2n) is 8.63. The summed E-state index contributed by atoms with van der Waals surface area (Å²) in [5.74, 6) is 0.536. The van der Waals surface area contributed by atoms with Gasteiger partial charge in [-0.3, -0.25) is 9.59 Å². The topological polar surface area (TPSA) is 46.2 Å². The Labute approximate surface area is 137 Å². The summed E-state index contributed by atoms with van der Waals surface area (Å²) in [5, 5.41) is 2.98. The summed E-state index contributed by atoms with van der Waals surface area (Å²) in [6.45, 7) is 13.1. The first kappa shape index (κ1) is 21.1. The van der Waals surface area contributed by atoms with E-state index in [4.69, 9.17) is 0 Å². The highest BCUT2D eigenvalue weighted by atomic mass is 16.1. The standard InChI is InChI=1S/C19H37NO2/c1-18(2,3)15-20-17(22)14-12-10-8-7-9-11-13-16(21)19(4,5)6/h7-15H2,1-6H3,(H,20,22). The lowest BCUT2D eigenvalue weighted by atomic mass is 9.88. The van der Waals surface area contributed by atoms with Crippen LogP contribution in [-0.4, -0.2) is 18.2 Å². The minimum absolute atomic E-state index is 0.153. The molecule has 0 heterocycles. The number of hydrogen-bond donors (Lipinski definition) is 1. The predicted molar refractivity (Wildman–Crippen MR) is 93.9 cm³/mol. The smallest absolute Gasteiger partial charge is 0.220 e. The summed E-state index contributed by atoms with van der Waals surface area (Å²) < 4.78 is 0. The van der Waals surface area contributed by atoms with Crippen molar-refractivity contribution in [2.24, 2.45) is 10.8 Å². The Morgan fingerprint density at radius 3 is 1.64 bits per heavy atom. The molecule has 0 aromatic carbocycles. The maximum Gasteiger partial charge on any atom is 0.220 e. The van der Waals surface area contributed by atoms with Crippen molar-refractivity contribution in [3.63, 3.8) is 0 Å². The minimum atomic E-state index is -0.194. The molecule has 0 aromatic heterocycles. The summed E-state index contributed by atoms with van der Waals surface area (Å²) in [7, 11) is 0. The first-order valence-electron chi connectivity index (χ1n) is 8.82. The molecule has 3 heteroatoms. The number of carbonyl (C=O) groups is 2. The average molecular weight is 312 g/mol. The monoisotopic (exact) mass is 311 g/mol. The van der Waals surface area contributed by atoms with Crippen LogP contribution in [0, 0.1) is 10.8 Å². The summed E-state index contributed by atoms with van der Waals surface area (Å²) in [4.78, 5) is 23.4. The van der Waals surface area contributed by atoms with Crippen LogP contribution >= 0.6 is 0 Å². The highest BCUT2D eigenvalue weighted by Gasteiger charge is 2.19. The first-order valence-corrected chi connectivity index (χ1v) is 8.82. The zero-order valence-electron chi connectivity index (χ0n) is 15.7. The van der Waals surface area contributed by atoms with Gasteiger partial charge in [0.2, 0.25) is 5.91 Å². The lowest BCUT2D eigenvalue weighted by Crippen LogP contribution is -2.31. The lowest BCUT2D eigenvalue weighted by Gasteiger charge is -2.18. The van der Waals surface area contributed by atoms with Crippen LogP contribution < -0.4 is 5.32 Å². The van der Waals surface area contributed by atoms with E-state index in [0.29, 0.717) is 18.6 Å². The van der Waals surface area contributed by atoms with E-state index in [9.17, 15) is 9.59 Å². The van der Waals surface area contributed by atoms with Crippen molar-refractivity contribution in [1.82, 2.24) is 5.32 Å². The number of Topliss-reactive ketones (excluding diaryl/α,β-unsaturated/α-hetero) is 1. The van der Waals surface area contributed by atoms with Crippen LogP contribution in [0.25, 0.3) is 0 Å². The van der Waals surface area contributed by atoms with E-state index >= 15 is 0 Å². The predicted octanol–water partition coefficient (Wildman–Crippen LogP) is 4.88. The lowest BCUT2D eigenvalue weighted by molar-refractivity contribution is -0.126. The van der Waals surface area contributed by atoms with Gasteiger partial charge in [-0.1, -0.05) is 67.2 Å². The molecule has 0 aliphatic heterocycles. The Morgan fingerprint density at radius 2 is 1.18 bits per heavy atom.